The lowest BCUT2D eigenvalue weighted by atomic mass is 9.89. The highest BCUT2D eigenvalue weighted by Crippen LogP contribution is 2.63. The number of ether oxygens (including phenoxy) is 1. The van der Waals surface area contributed by atoms with Gasteiger partial charge in [0.1, 0.15) is 5.83 Å². The molecule has 1 aromatic carbocycles. The quantitative estimate of drug-likeness (QED) is 0.623. The first-order valence-corrected chi connectivity index (χ1v) is 11.1. The first-order valence-electron chi connectivity index (χ1n) is 9.19. The summed E-state index contributed by atoms with van der Waals surface area (Å²) in [4.78, 5) is 0.128. The summed E-state index contributed by atoms with van der Waals surface area (Å²) in [5, 5.41) is 0. The second-order valence-corrected chi connectivity index (χ2v) is 10.1. The van der Waals surface area contributed by atoms with Crippen molar-refractivity contribution in [3.05, 3.63) is 58.7 Å². The van der Waals surface area contributed by atoms with Crippen molar-refractivity contribution in [3.8, 4) is 0 Å². The Bertz CT molecular complexity index is 1070. The zero-order valence-electron chi connectivity index (χ0n) is 15.9. The zero-order valence-corrected chi connectivity index (χ0v) is 16.8. The summed E-state index contributed by atoms with van der Waals surface area (Å²) in [7, 11) is -2.54. The highest BCUT2D eigenvalue weighted by Gasteiger charge is 2.52. The van der Waals surface area contributed by atoms with Crippen LogP contribution >= 0.6 is 0 Å². The molecule has 1 aromatic rings. The molecule has 4 rings (SSSR count). The Hall–Kier alpha value is -1.93. The summed E-state index contributed by atoms with van der Waals surface area (Å²) < 4.78 is 86.0. The van der Waals surface area contributed by atoms with Gasteiger partial charge in [0, 0.05) is 25.0 Å². The van der Waals surface area contributed by atoms with Crippen molar-refractivity contribution < 1.29 is 30.7 Å². The average Bonchev–Trinajstić information content (AvgIpc) is 3.31. The second kappa shape index (κ2) is 6.54. The molecule has 1 saturated carbocycles. The van der Waals surface area contributed by atoms with Crippen LogP contribution in [-0.2, 0) is 14.6 Å². The van der Waals surface area contributed by atoms with Gasteiger partial charge in [-0.15, -0.1) is 0 Å². The summed E-state index contributed by atoms with van der Waals surface area (Å²) in [6, 6.07) is 6.02. The first-order chi connectivity index (χ1) is 13.5. The topological polar surface area (TPSA) is 43.4 Å². The average molecular weight is 428 g/mol. The minimum Gasteiger partial charge on any atom is -0.343 e. The van der Waals surface area contributed by atoms with Crippen LogP contribution in [0.2, 0.25) is 0 Å². The third-order valence-corrected chi connectivity index (χ3v) is 7.17. The van der Waals surface area contributed by atoms with Crippen LogP contribution in [0.1, 0.15) is 31.2 Å². The number of hydrogen-bond donors (Lipinski definition) is 0. The van der Waals surface area contributed by atoms with E-state index in [0.29, 0.717) is 35.6 Å². The summed E-state index contributed by atoms with van der Waals surface area (Å²) >= 11 is 0. The van der Waals surface area contributed by atoms with Gasteiger partial charge in [0.05, 0.1) is 4.90 Å². The molecule has 2 unspecified atom stereocenters. The van der Waals surface area contributed by atoms with E-state index in [1.54, 1.807) is 12.1 Å². The van der Waals surface area contributed by atoms with Crippen molar-refractivity contribution >= 4 is 15.4 Å². The van der Waals surface area contributed by atoms with Gasteiger partial charge in [-0.1, -0.05) is 12.1 Å². The molecule has 0 N–H and O–H groups in total. The Kier molecular flexibility index (Phi) is 4.59. The SMILES string of the molecule is COC1(F)C=C(F)C(C2=C(c3ccc(S(C)(=O)=O)cc3)CC3(CC3)C2)=C(F)C1F. The van der Waals surface area contributed by atoms with Gasteiger partial charge in [-0.3, -0.25) is 0 Å². The molecule has 0 bridgehead atoms. The molecule has 1 fully saturated rings. The lowest BCUT2D eigenvalue weighted by molar-refractivity contribution is -0.127. The lowest BCUT2D eigenvalue weighted by Crippen LogP contribution is -2.38. The molecule has 3 nitrogen and oxygen atoms in total. The van der Waals surface area contributed by atoms with E-state index in [9.17, 15) is 26.0 Å². The van der Waals surface area contributed by atoms with Crippen molar-refractivity contribution in [1.82, 2.24) is 0 Å². The second-order valence-electron chi connectivity index (χ2n) is 8.09. The van der Waals surface area contributed by atoms with Gasteiger partial charge in [0.25, 0.3) is 5.85 Å². The van der Waals surface area contributed by atoms with Gasteiger partial charge in [-0.05, 0) is 59.9 Å². The molecule has 0 saturated heterocycles. The molecule has 8 heteroatoms. The van der Waals surface area contributed by atoms with E-state index in [2.05, 4.69) is 4.74 Å². The number of allylic oxidation sites excluding steroid dienone is 4. The predicted molar refractivity (Wildman–Crippen MR) is 100 cm³/mol. The van der Waals surface area contributed by atoms with Crippen LogP contribution in [0.25, 0.3) is 5.57 Å². The van der Waals surface area contributed by atoms with Crippen molar-refractivity contribution in [2.24, 2.45) is 5.41 Å². The number of halogens is 4. The van der Waals surface area contributed by atoms with Gasteiger partial charge >= 0.3 is 0 Å². The largest absolute Gasteiger partial charge is 0.343 e. The van der Waals surface area contributed by atoms with E-state index in [-0.39, 0.29) is 10.3 Å². The highest BCUT2D eigenvalue weighted by molar-refractivity contribution is 7.90. The molecule has 3 aliphatic rings. The smallest absolute Gasteiger partial charge is 0.269 e. The van der Waals surface area contributed by atoms with Crippen LogP contribution in [-0.4, -0.2) is 33.8 Å². The van der Waals surface area contributed by atoms with Gasteiger partial charge in [-0.2, -0.15) is 0 Å². The summed E-state index contributed by atoms with van der Waals surface area (Å²) in [6.07, 6.45) is 1.33. The Morgan fingerprint density at radius 3 is 2.17 bits per heavy atom. The van der Waals surface area contributed by atoms with Gasteiger partial charge < -0.3 is 4.74 Å². The maximum absolute atomic E-state index is 14.8. The molecular weight excluding hydrogens is 408 g/mol. The van der Waals surface area contributed by atoms with Gasteiger partial charge in [-0.25, -0.2) is 26.0 Å². The van der Waals surface area contributed by atoms with E-state index in [4.69, 9.17) is 0 Å². The molecule has 0 amide bonds. The van der Waals surface area contributed by atoms with Crippen LogP contribution < -0.4 is 0 Å². The van der Waals surface area contributed by atoms with Crippen molar-refractivity contribution in [2.75, 3.05) is 13.4 Å². The Morgan fingerprint density at radius 2 is 1.66 bits per heavy atom. The van der Waals surface area contributed by atoms with E-state index < -0.39 is 39.1 Å². The third kappa shape index (κ3) is 3.36. The van der Waals surface area contributed by atoms with Crippen LogP contribution in [0, 0.1) is 5.41 Å². The third-order valence-electron chi connectivity index (χ3n) is 6.04. The molecule has 1 spiro atoms. The normalized spacial score (nSPS) is 28.9. The Balaban J connectivity index is 1.83. The molecule has 0 heterocycles. The number of methoxy groups -OCH3 is 1. The van der Waals surface area contributed by atoms with Crippen LogP contribution in [0.3, 0.4) is 0 Å². The van der Waals surface area contributed by atoms with Gasteiger partial charge in [0.15, 0.2) is 15.7 Å². The maximum Gasteiger partial charge on any atom is 0.269 e. The van der Waals surface area contributed by atoms with E-state index in [0.717, 1.165) is 26.2 Å². The minimum absolute atomic E-state index is 0.120. The number of sulfone groups is 1. The van der Waals surface area contributed by atoms with Crippen molar-refractivity contribution in [1.29, 1.82) is 0 Å². The molecule has 29 heavy (non-hydrogen) atoms. The summed E-state index contributed by atoms with van der Waals surface area (Å²) in [5.41, 5.74) is 0.886. The first kappa shape index (κ1) is 20.3. The molecule has 0 aromatic heterocycles. The summed E-state index contributed by atoms with van der Waals surface area (Å²) in [6.45, 7) is 0. The fourth-order valence-corrected chi connectivity index (χ4v) is 4.79. The highest BCUT2D eigenvalue weighted by atomic mass is 32.2. The monoisotopic (exact) mass is 428 g/mol. The van der Waals surface area contributed by atoms with Crippen LogP contribution in [0.5, 0.6) is 0 Å². The maximum atomic E-state index is 14.8. The number of alkyl halides is 2. The van der Waals surface area contributed by atoms with Gasteiger partial charge in [0.2, 0.25) is 6.17 Å². The Labute approximate surface area is 166 Å². The number of rotatable bonds is 4. The van der Waals surface area contributed by atoms with Crippen LogP contribution in [0.4, 0.5) is 17.6 Å². The molecule has 2 atom stereocenters. The van der Waals surface area contributed by atoms with Crippen molar-refractivity contribution in [3.63, 3.8) is 0 Å². The standard InChI is InChI=1S/C21H20F4O3S/c1-28-21(25)11-16(22)17(18(23)19(21)24)15-10-20(7-8-20)9-14(15)12-3-5-13(6-4-12)29(2,26)27/h3-6,11,19H,7-10H2,1-2H3. The van der Waals surface area contributed by atoms with E-state index in [1.807, 2.05) is 0 Å². The number of benzene rings is 1. The molecule has 0 radical (unpaired) electrons. The van der Waals surface area contributed by atoms with E-state index in [1.165, 1.54) is 12.1 Å². The molecule has 156 valence electrons. The molecule has 3 aliphatic carbocycles. The van der Waals surface area contributed by atoms with Crippen LogP contribution in [0.15, 0.2) is 58.0 Å². The minimum atomic E-state index is -3.39. The number of hydrogen-bond acceptors (Lipinski definition) is 3. The Morgan fingerprint density at radius 1 is 1.07 bits per heavy atom. The molecule has 0 aliphatic heterocycles. The zero-order chi connectivity index (χ0) is 21.2. The fourth-order valence-electron chi connectivity index (χ4n) is 4.16. The lowest BCUT2D eigenvalue weighted by Gasteiger charge is -2.29. The fraction of sp³-hybridized carbons (Fsp3) is 0.429. The predicted octanol–water partition coefficient (Wildman–Crippen LogP) is 5.16. The van der Waals surface area contributed by atoms with E-state index >= 15 is 0 Å². The van der Waals surface area contributed by atoms with Crippen molar-refractivity contribution in [2.45, 2.75) is 42.6 Å². The summed E-state index contributed by atoms with van der Waals surface area (Å²) in [5.74, 6) is -5.91. The molecular formula is C21H20F4O3S.